The van der Waals surface area contributed by atoms with Crippen LogP contribution in [-0.2, 0) is 4.79 Å². The number of aliphatic carboxylic acids is 1. The number of carboxylic acids is 1. The summed E-state index contributed by atoms with van der Waals surface area (Å²) in [6.07, 6.45) is 6.58. The van der Waals surface area contributed by atoms with E-state index in [-0.39, 0.29) is 0 Å². The van der Waals surface area contributed by atoms with Crippen LogP contribution >= 0.6 is 0 Å². The van der Waals surface area contributed by atoms with Crippen molar-refractivity contribution in [3.05, 3.63) is 24.8 Å². The van der Waals surface area contributed by atoms with E-state index >= 15 is 0 Å². The molecule has 1 unspecified atom stereocenters. The van der Waals surface area contributed by atoms with Gasteiger partial charge in [-0.1, -0.05) is 25.2 Å². The Labute approximate surface area is 67.2 Å². The summed E-state index contributed by atoms with van der Waals surface area (Å²) in [7, 11) is 0. The molecule has 0 aromatic carbocycles. The van der Waals surface area contributed by atoms with Gasteiger partial charge in [-0.15, -0.1) is 6.58 Å². The quantitative estimate of drug-likeness (QED) is 0.616. The second-order valence-corrected chi connectivity index (χ2v) is 2.31. The maximum atomic E-state index is 10.5. The Kier molecular flexibility index (Phi) is 5.17. The summed E-state index contributed by atoms with van der Waals surface area (Å²) in [6, 6.07) is 0. The van der Waals surface area contributed by atoms with E-state index in [1.807, 2.05) is 13.0 Å². The first-order valence-corrected chi connectivity index (χ1v) is 3.72. The summed E-state index contributed by atoms with van der Waals surface area (Å²) in [5.74, 6) is -1.18. The first-order valence-electron chi connectivity index (χ1n) is 3.72. The lowest BCUT2D eigenvalue weighted by atomic mass is 10.1. The molecule has 0 rings (SSSR count). The van der Waals surface area contributed by atoms with E-state index in [4.69, 9.17) is 5.11 Å². The molecule has 0 aliphatic carbocycles. The molecule has 0 aromatic heterocycles. The van der Waals surface area contributed by atoms with Gasteiger partial charge in [-0.3, -0.25) is 4.79 Å². The minimum Gasteiger partial charge on any atom is -0.481 e. The van der Waals surface area contributed by atoms with Crippen LogP contribution in [0.1, 0.15) is 19.8 Å². The summed E-state index contributed by atoms with van der Waals surface area (Å²) in [6.45, 7) is 5.47. The van der Waals surface area contributed by atoms with Crippen LogP contribution in [0.4, 0.5) is 0 Å². The largest absolute Gasteiger partial charge is 0.481 e. The van der Waals surface area contributed by atoms with E-state index < -0.39 is 11.9 Å². The first kappa shape index (κ1) is 9.95. The molecule has 0 saturated heterocycles. The highest BCUT2D eigenvalue weighted by Gasteiger charge is 2.10. The number of carbonyl (C=O) groups is 1. The lowest BCUT2D eigenvalue weighted by Gasteiger charge is -2.01. The topological polar surface area (TPSA) is 37.3 Å². The number of hydrogen-bond donors (Lipinski definition) is 1. The van der Waals surface area contributed by atoms with Gasteiger partial charge in [0, 0.05) is 0 Å². The van der Waals surface area contributed by atoms with Gasteiger partial charge in [0.25, 0.3) is 0 Å². The summed E-state index contributed by atoms with van der Waals surface area (Å²) in [4.78, 5) is 10.5. The van der Waals surface area contributed by atoms with Crippen molar-refractivity contribution in [1.82, 2.24) is 0 Å². The van der Waals surface area contributed by atoms with Crippen molar-refractivity contribution in [2.24, 2.45) is 5.92 Å². The maximum absolute atomic E-state index is 10.5. The van der Waals surface area contributed by atoms with Crippen LogP contribution in [-0.4, -0.2) is 11.1 Å². The molecule has 0 amide bonds. The Morgan fingerprint density at radius 1 is 1.73 bits per heavy atom. The molecule has 0 aliphatic rings. The van der Waals surface area contributed by atoms with Crippen LogP contribution in [0.2, 0.25) is 0 Å². The second kappa shape index (κ2) is 5.71. The minimum absolute atomic E-state index is 0.396. The lowest BCUT2D eigenvalue weighted by molar-refractivity contribution is -0.139. The third-order valence-electron chi connectivity index (χ3n) is 1.34. The van der Waals surface area contributed by atoms with Gasteiger partial charge in [-0.2, -0.15) is 0 Å². The molecular weight excluding hydrogens is 140 g/mol. The van der Waals surface area contributed by atoms with Crippen molar-refractivity contribution in [2.45, 2.75) is 19.8 Å². The fourth-order valence-electron chi connectivity index (χ4n) is 0.742. The number of allylic oxidation sites excluding steroid dienone is 2. The Morgan fingerprint density at radius 2 is 2.36 bits per heavy atom. The van der Waals surface area contributed by atoms with Crippen LogP contribution in [0.3, 0.4) is 0 Å². The van der Waals surface area contributed by atoms with Gasteiger partial charge in [0.2, 0.25) is 0 Å². The smallest absolute Gasteiger partial charge is 0.310 e. The Bertz CT molecular complexity index is 159. The maximum Gasteiger partial charge on any atom is 0.310 e. The monoisotopic (exact) mass is 154 g/mol. The number of carboxylic acid groups (broad SMARTS) is 1. The second-order valence-electron chi connectivity index (χ2n) is 2.31. The molecule has 0 aliphatic heterocycles. The Balaban J connectivity index is 3.98. The van der Waals surface area contributed by atoms with Crippen molar-refractivity contribution >= 4 is 5.97 Å². The highest BCUT2D eigenvalue weighted by atomic mass is 16.4. The molecule has 1 atom stereocenters. The van der Waals surface area contributed by atoms with Crippen molar-refractivity contribution in [3.8, 4) is 0 Å². The van der Waals surface area contributed by atoms with E-state index in [9.17, 15) is 4.79 Å². The average molecular weight is 154 g/mol. The molecule has 0 spiro atoms. The molecule has 2 heteroatoms. The highest BCUT2D eigenvalue weighted by Crippen LogP contribution is 2.06. The van der Waals surface area contributed by atoms with Crippen molar-refractivity contribution in [1.29, 1.82) is 0 Å². The Hall–Kier alpha value is -1.05. The zero-order valence-corrected chi connectivity index (χ0v) is 6.79. The van der Waals surface area contributed by atoms with E-state index in [1.165, 1.54) is 0 Å². The molecular formula is C9H14O2. The zero-order chi connectivity index (χ0) is 8.69. The van der Waals surface area contributed by atoms with Crippen LogP contribution in [0.5, 0.6) is 0 Å². The van der Waals surface area contributed by atoms with Gasteiger partial charge >= 0.3 is 5.97 Å². The molecule has 2 nitrogen and oxygen atoms in total. The van der Waals surface area contributed by atoms with Gasteiger partial charge in [-0.25, -0.2) is 0 Å². The number of rotatable bonds is 5. The molecule has 1 N–H and O–H groups in total. The summed E-state index contributed by atoms with van der Waals surface area (Å²) < 4.78 is 0. The van der Waals surface area contributed by atoms with Gasteiger partial charge in [-0.05, 0) is 12.8 Å². The molecule has 11 heavy (non-hydrogen) atoms. The minimum atomic E-state index is -0.783. The SMILES string of the molecule is C=CCC(/C=C/CC)C(=O)O. The molecule has 62 valence electrons. The molecule has 0 fully saturated rings. The normalized spacial score (nSPS) is 13.2. The third-order valence-corrected chi connectivity index (χ3v) is 1.34. The Morgan fingerprint density at radius 3 is 2.73 bits per heavy atom. The average Bonchev–Trinajstić information content (AvgIpc) is 1.97. The van der Waals surface area contributed by atoms with Crippen LogP contribution in [0.25, 0.3) is 0 Å². The zero-order valence-electron chi connectivity index (χ0n) is 6.79. The third kappa shape index (κ3) is 4.37. The molecule has 0 bridgehead atoms. The standard InChI is InChI=1S/C9H14O2/c1-3-5-7-8(6-4-2)9(10)11/h4-5,7-8H,2-3,6H2,1H3,(H,10,11)/b7-5+. The predicted octanol–water partition coefficient (Wildman–Crippen LogP) is 2.23. The fraction of sp³-hybridized carbons (Fsp3) is 0.444. The van der Waals surface area contributed by atoms with E-state index in [1.54, 1.807) is 12.2 Å². The van der Waals surface area contributed by atoms with E-state index in [2.05, 4.69) is 6.58 Å². The summed E-state index contributed by atoms with van der Waals surface area (Å²) in [5.41, 5.74) is 0. The van der Waals surface area contributed by atoms with Gasteiger partial charge in [0.05, 0.1) is 5.92 Å². The van der Waals surface area contributed by atoms with E-state index in [0.29, 0.717) is 6.42 Å². The molecule has 0 aromatic rings. The van der Waals surface area contributed by atoms with E-state index in [0.717, 1.165) is 6.42 Å². The molecule has 0 heterocycles. The lowest BCUT2D eigenvalue weighted by Crippen LogP contribution is -2.09. The molecule has 0 saturated carbocycles. The predicted molar refractivity (Wildman–Crippen MR) is 45.4 cm³/mol. The number of hydrogen-bond acceptors (Lipinski definition) is 1. The summed E-state index contributed by atoms with van der Waals surface area (Å²) in [5, 5.41) is 8.63. The highest BCUT2D eigenvalue weighted by molar-refractivity contribution is 5.72. The van der Waals surface area contributed by atoms with Gasteiger partial charge < -0.3 is 5.11 Å². The van der Waals surface area contributed by atoms with Crippen LogP contribution in [0, 0.1) is 5.92 Å². The van der Waals surface area contributed by atoms with Crippen molar-refractivity contribution in [3.63, 3.8) is 0 Å². The van der Waals surface area contributed by atoms with Crippen molar-refractivity contribution < 1.29 is 9.90 Å². The molecule has 0 radical (unpaired) electrons. The van der Waals surface area contributed by atoms with Crippen molar-refractivity contribution in [2.75, 3.05) is 0 Å². The summed E-state index contributed by atoms with van der Waals surface area (Å²) >= 11 is 0. The van der Waals surface area contributed by atoms with Crippen LogP contribution in [0.15, 0.2) is 24.8 Å². The first-order chi connectivity index (χ1) is 5.22. The fourth-order valence-corrected chi connectivity index (χ4v) is 0.742. The van der Waals surface area contributed by atoms with Gasteiger partial charge in [0.15, 0.2) is 0 Å². The van der Waals surface area contributed by atoms with Crippen LogP contribution < -0.4 is 0 Å². The van der Waals surface area contributed by atoms with Gasteiger partial charge in [0.1, 0.15) is 0 Å².